The molecular weight excluding hydrogens is 359 g/mol. The highest BCUT2D eigenvalue weighted by atomic mass is 35.5. The molecule has 3 nitrogen and oxygen atoms in total. The van der Waals surface area contributed by atoms with Crippen LogP contribution in [0.5, 0.6) is 0 Å². The number of nitrogens with zero attached hydrogens (tertiary/aromatic N) is 1. The molecule has 0 aliphatic carbocycles. The van der Waals surface area contributed by atoms with Crippen molar-refractivity contribution >= 4 is 28.8 Å². The van der Waals surface area contributed by atoms with Crippen molar-refractivity contribution in [3.63, 3.8) is 0 Å². The monoisotopic (exact) mass is 374 g/mol. The van der Waals surface area contributed by atoms with Gasteiger partial charge in [-0.15, -0.1) is 11.3 Å². The third-order valence-corrected chi connectivity index (χ3v) is 4.83. The molecule has 1 aromatic heterocycles. The number of thiazole rings is 1. The number of aromatic nitrogens is 1. The molecule has 0 saturated carbocycles. The van der Waals surface area contributed by atoms with E-state index in [2.05, 4.69) is 10.3 Å². The molecule has 128 valence electrons. The lowest BCUT2D eigenvalue weighted by molar-refractivity contribution is 0.0954. The van der Waals surface area contributed by atoms with Crippen molar-refractivity contribution in [3.8, 4) is 11.3 Å². The van der Waals surface area contributed by atoms with E-state index in [1.54, 1.807) is 11.3 Å². The van der Waals surface area contributed by atoms with Crippen LogP contribution >= 0.6 is 22.9 Å². The van der Waals surface area contributed by atoms with Crippen molar-refractivity contribution in [1.82, 2.24) is 10.3 Å². The van der Waals surface area contributed by atoms with Crippen LogP contribution < -0.4 is 5.32 Å². The third-order valence-electron chi connectivity index (χ3n) is 3.74. The fraction of sp³-hybridized carbons (Fsp3) is 0.158. The lowest BCUT2D eigenvalue weighted by atomic mass is 10.1. The Hall–Kier alpha value is -2.24. The summed E-state index contributed by atoms with van der Waals surface area (Å²) in [6, 6.07) is 11.9. The van der Waals surface area contributed by atoms with E-state index in [4.69, 9.17) is 11.6 Å². The predicted molar refractivity (Wildman–Crippen MR) is 99.7 cm³/mol. The van der Waals surface area contributed by atoms with Crippen molar-refractivity contribution in [2.45, 2.75) is 13.3 Å². The van der Waals surface area contributed by atoms with Crippen molar-refractivity contribution in [3.05, 3.63) is 74.8 Å². The van der Waals surface area contributed by atoms with Crippen LogP contribution in [-0.2, 0) is 6.42 Å². The zero-order valence-electron chi connectivity index (χ0n) is 13.6. The standard InChI is InChI=1S/C19H16ClFN2OS/c1-12-23-18(11-25-12)14-4-2-13(3-5-14)8-9-22-19(24)16-7-6-15(21)10-17(16)20/h2-7,10-11H,8-9H2,1H3,(H,22,24). The van der Waals surface area contributed by atoms with Gasteiger partial charge in [0.25, 0.3) is 5.91 Å². The van der Waals surface area contributed by atoms with Gasteiger partial charge in [0.2, 0.25) is 0 Å². The molecule has 0 aliphatic heterocycles. The van der Waals surface area contributed by atoms with E-state index in [1.165, 1.54) is 12.1 Å². The Kier molecular flexibility index (Phi) is 5.46. The van der Waals surface area contributed by atoms with Gasteiger partial charge in [0.1, 0.15) is 5.82 Å². The van der Waals surface area contributed by atoms with Crippen molar-refractivity contribution in [2.75, 3.05) is 6.54 Å². The zero-order valence-corrected chi connectivity index (χ0v) is 15.1. The topological polar surface area (TPSA) is 42.0 Å². The first-order valence-corrected chi connectivity index (χ1v) is 9.03. The summed E-state index contributed by atoms with van der Waals surface area (Å²) in [6.07, 6.45) is 0.695. The lowest BCUT2D eigenvalue weighted by Gasteiger charge is -2.07. The fourth-order valence-corrected chi connectivity index (χ4v) is 3.30. The molecule has 0 spiro atoms. The van der Waals surface area contributed by atoms with Crippen molar-refractivity contribution < 1.29 is 9.18 Å². The average molecular weight is 375 g/mol. The highest BCUT2D eigenvalue weighted by Gasteiger charge is 2.10. The number of carbonyl (C=O) groups is 1. The quantitative estimate of drug-likeness (QED) is 0.691. The maximum atomic E-state index is 13.0. The Labute approximate surface area is 154 Å². The Morgan fingerprint density at radius 1 is 1.24 bits per heavy atom. The Morgan fingerprint density at radius 3 is 2.64 bits per heavy atom. The van der Waals surface area contributed by atoms with E-state index in [-0.39, 0.29) is 16.5 Å². The molecule has 6 heteroatoms. The summed E-state index contributed by atoms with van der Waals surface area (Å²) in [5, 5.41) is 5.99. The van der Waals surface area contributed by atoms with E-state index in [0.717, 1.165) is 27.9 Å². The van der Waals surface area contributed by atoms with Gasteiger partial charge in [-0.1, -0.05) is 35.9 Å². The maximum Gasteiger partial charge on any atom is 0.252 e. The van der Waals surface area contributed by atoms with Crippen LogP contribution in [0.25, 0.3) is 11.3 Å². The molecule has 1 amide bonds. The van der Waals surface area contributed by atoms with Gasteiger partial charge >= 0.3 is 0 Å². The SMILES string of the molecule is Cc1nc(-c2ccc(CCNC(=O)c3ccc(F)cc3Cl)cc2)cs1. The first-order chi connectivity index (χ1) is 12.0. The highest BCUT2D eigenvalue weighted by molar-refractivity contribution is 7.09. The number of nitrogens with one attached hydrogen (secondary N) is 1. The first kappa shape index (κ1) is 17.6. The molecule has 0 fully saturated rings. The van der Waals surface area contributed by atoms with Gasteiger partial charge < -0.3 is 5.32 Å². The minimum absolute atomic E-state index is 0.111. The normalized spacial score (nSPS) is 10.7. The van der Waals surface area contributed by atoms with Gasteiger partial charge in [-0.05, 0) is 37.1 Å². The maximum absolute atomic E-state index is 13.0. The molecule has 0 atom stereocenters. The van der Waals surface area contributed by atoms with Crippen LogP contribution in [0.15, 0.2) is 47.8 Å². The summed E-state index contributed by atoms with van der Waals surface area (Å²) in [5.74, 6) is -0.767. The van der Waals surface area contributed by atoms with Crippen molar-refractivity contribution in [1.29, 1.82) is 0 Å². The van der Waals surface area contributed by atoms with Gasteiger partial charge in [-0.2, -0.15) is 0 Å². The number of carbonyl (C=O) groups excluding carboxylic acids is 1. The van der Waals surface area contributed by atoms with E-state index >= 15 is 0 Å². The molecule has 3 rings (SSSR count). The molecule has 3 aromatic rings. The second-order valence-electron chi connectivity index (χ2n) is 5.58. The van der Waals surface area contributed by atoms with E-state index in [9.17, 15) is 9.18 Å². The number of rotatable bonds is 5. The van der Waals surface area contributed by atoms with Crippen LogP contribution in [-0.4, -0.2) is 17.4 Å². The number of amides is 1. The molecule has 2 aromatic carbocycles. The minimum atomic E-state index is -0.461. The summed E-state index contributed by atoms with van der Waals surface area (Å²) in [5.41, 5.74) is 3.45. The Morgan fingerprint density at radius 2 is 2.00 bits per heavy atom. The van der Waals surface area contributed by atoms with E-state index < -0.39 is 5.82 Å². The Bertz CT molecular complexity index is 893. The summed E-state index contributed by atoms with van der Waals surface area (Å²) >= 11 is 7.52. The third kappa shape index (κ3) is 4.44. The molecule has 25 heavy (non-hydrogen) atoms. The number of hydrogen-bond donors (Lipinski definition) is 1. The van der Waals surface area contributed by atoms with Gasteiger partial charge in [-0.25, -0.2) is 9.37 Å². The second kappa shape index (κ2) is 7.76. The van der Waals surface area contributed by atoms with E-state index in [1.807, 2.05) is 36.6 Å². The fourth-order valence-electron chi connectivity index (χ4n) is 2.43. The average Bonchev–Trinajstić information content (AvgIpc) is 3.02. The van der Waals surface area contributed by atoms with Gasteiger partial charge in [0.05, 0.1) is 21.3 Å². The zero-order chi connectivity index (χ0) is 17.8. The van der Waals surface area contributed by atoms with Gasteiger partial charge in [0.15, 0.2) is 0 Å². The number of halogens is 2. The summed E-state index contributed by atoms with van der Waals surface area (Å²) in [6.45, 7) is 2.46. The smallest absolute Gasteiger partial charge is 0.252 e. The summed E-state index contributed by atoms with van der Waals surface area (Å²) in [7, 11) is 0. The second-order valence-corrected chi connectivity index (χ2v) is 7.05. The largest absolute Gasteiger partial charge is 0.352 e. The van der Waals surface area contributed by atoms with Crippen LogP contribution in [0.4, 0.5) is 4.39 Å². The first-order valence-electron chi connectivity index (χ1n) is 7.77. The molecular formula is C19H16ClFN2OS. The predicted octanol–water partition coefficient (Wildman–Crippen LogP) is 4.88. The van der Waals surface area contributed by atoms with Crippen molar-refractivity contribution in [2.24, 2.45) is 0 Å². The molecule has 0 unspecified atom stereocenters. The molecule has 0 radical (unpaired) electrons. The van der Waals surface area contributed by atoms with Crippen LogP contribution in [0.1, 0.15) is 20.9 Å². The van der Waals surface area contributed by atoms with Gasteiger partial charge in [-0.3, -0.25) is 4.79 Å². The van der Waals surface area contributed by atoms with E-state index in [0.29, 0.717) is 13.0 Å². The van der Waals surface area contributed by atoms with Crippen LogP contribution in [0.2, 0.25) is 5.02 Å². The Balaban J connectivity index is 1.56. The van der Waals surface area contributed by atoms with Crippen LogP contribution in [0.3, 0.4) is 0 Å². The minimum Gasteiger partial charge on any atom is -0.352 e. The van der Waals surface area contributed by atoms with Gasteiger partial charge in [0, 0.05) is 17.5 Å². The molecule has 0 aliphatic rings. The number of benzene rings is 2. The lowest BCUT2D eigenvalue weighted by Crippen LogP contribution is -2.26. The summed E-state index contributed by atoms with van der Waals surface area (Å²) in [4.78, 5) is 16.5. The highest BCUT2D eigenvalue weighted by Crippen LogP contribution is 2.22. The number of hydrogen-bond acceptors (Lipinski definition) is 3. The molecule has 1 N–H and O–H groups in total. The molecule has 0 bridgehead atoms. The van der Waals surface area contributed by atoms with Crippen LogP contribution in [0, 0.1) is 12.7 Å². The molecule has 0 saturated heterocycles. The summed E-state index contributed by atoms with van der Waals surface area (Å²) < 4.78 is 13.0. The molecule has 1 heterocycles. The number of aryl methyl sites for hydroxylation is 1.